The zero-order valence-electron chi connectivity index (χ0n) is 17.5. The normalized spacial score (nSPS) is 25.4. The van der Waals surface area contributed by atoms with Crippen LogP contribution in [0.4, 0.5) is 0 Å². The Morgan fingerprint density at radius 2 is 2.20 bits per heavy atom. The summed E-state index contributed by atoms with van der Waals surface area (Å²) in [7, 11) is 1.39. The van der Waals surface area contributed by atoms with E-state index in [-0.39, 0.29) is 30.3 Å². The summed E-state index contributed by atoms with van der Waals surface area (Å²) in [4.78, 5) is 25.9. The molecule has 2 fully saturated rings. The van der Waals surface area contributed by atoms with Crippen molar-refractivity contribution in [2.45, 2.75) is 50.7 Å². The molecular weight excluding hydrogens is 384 g/mol. The van der Waals surface area contributed by atoms with Crippen molar-refractivity contribution in [3.05, 3.63) is 47.3 Å². The van der Waals surface area contributed by atoms with Crippen LogP contribution in [0.15, 0.2) is 30.5 Å². The Balaban J connectivity index is 1.29. The van der Waals surface area contributed by atoms with E-state index in [4.69, 9.17) is 4.74 Å². The van der Waals surface area contributed by atoms with Gasteiger partial charge in [-0.15, -0.1) is 5.10 Å². The third kappa shape index (κ3) is 4.53. The zero-order chi connectivity index (χ0) is 21.3. The third-order valence-corrected chi connectivity index (χ3v) is 6.08. The molecule has 1 unspecified atom stereocenters. The first-order valence-electron chi connectivity index (χ1n) is 10.4. The Morgan fingerprint density at radius 1 is 1.37 bits per heavy atom. The van der Waals surface area contributed by atoms with Crippen LogP contribution in [0.25, 0.3) is 0 Å². The molecule has 1 aromatic carbocycles. The number of rotatable bonds is 7. The van der Waals surface area contributed by atoms with Crippen LogP contribution in [-0.4, -0.2) is 62.7 Å². The molecule has 8 heteroatoms. The number of ether oxygens (including phenoxy) is 1. The highest BCUT2D eigenvalue weighted by molar-refractivity contribution is 5.77. The van der Waals surface area contributed by atoms with Crippen molar-refractivity contribution in [3.63, 3.8) is 0 Å². The molecule has 2 aliphatic rings. The minimum Gasteiger partial charge on any atom is -0.469 e. The van der Waals surface area contributed by atoms with Crippen LogP contribution in [0.1, 0.15) is 42.0 Å². The van der Waals surface area contributed by atoms with E-state index in [1.54, 1.807) is 15.8 Å². The molecule has 4 rings (SSSR count). The first kappa shape index (κ1) is 20.5. The number of aromatic nitrogens is 3. The van der Waals surface area contributed by atoms with Crippen LogP contribution in [0.3, 0.4) is 0 Å². The summed E-state index contributed by atoms with van der Waals surface area (Å²) in [5.41, 5.74) is 2.07. The summed E-state index contributed by atoms with van der Waals surface area (Å²) in [5, 5.41) is 19.2. The van der Waals surface area contributed by atoms with Gasteiger partial charge >= 0.3 is 5.97 Å². The van der Waals surface area contributed by atoms with Crippen molar-refractivity contribution in [2.24, 2.45) is 5.92 Å². The first-order chi connectivity index (χ1) is 14.4. The van der Waals surface area contributed by atoms with E-state index in [0.717, 1.165) is 17.7 Å². The van der Waals surface area contributed by atoms with Gasteiger partial charge in [0, 0.05) is 25.1 Å². The van der Waals surface area contributed by atoms with Gasteiger partial charge in [0.1, 0.15) is 5.60 Å². The lowest BCUT2D eigenvalue weighted by Gasteiger charge is -2.23. The summed E-state index contributed by atoms with van der Waals surface area (Å²) in [6, 6.07) is 8.18. The monoisotopic (exact) mass is 412 g/mol. The molecule has 0 radical (unpaired) electrons. The van der Waals surface area contributed by atoms with E-state index in [9.17, 15) is 14.7 Å². The number of amides is 1. The van der Waals surface area contributed by atoms with E-state index in [1.807, 2.05) is 25.1 Å². The van der Waals surface area contributed by atoms with Gasteiger partial charge in [0.25, 0.3) is 0 Å². The number of methoxy groups -OCH3 is 1. The van der Waals surface area contributed by atoms with Crippen molar-refractivity contribution < 1.29 is 19.4 Å². The number of nitrogens with zero attached hydrogens (tertiary/aromatic N) is 4. The van der Waals surface area contributed by atoms with Crippen molar-refractivity contribution >= 4 is 11.9 Å². The fraction of sp³-hybridized carbons (Fsp3) is 0.545. The van der Waals surface area contributed by atoms with Gasteiger partial charge in [-0.3, -0.25) is 9.59 Å². The Hall–Kier alpha value is -2.74. The molecule has 1 N–H and O–H groups in total. The maximum atomic E-state index is 12.6. The van der Waals surface area contributed by atoms with Crippen molar-refractivity contribution in [2.75, 3.05) is 20.2 Å². The summed E-state index contributed by atoms with van der Waals surface area (Å²) < 4.78 is 6.39. The quantitative estimate of drug-likeness (QED) is 0.692. The van der Waals surface area contributed by atoms with Gasteiger partial charge in [-0.1, -0.05) is 35.0 Å². The molecule has 160 valence electrons. The molecular formula is C22H28N4O4. The predicted molar refractivity (Wildman–Crippen MR) is 109 cm³/mol. The average Bonchev–Trinajstić information content (AvgIpc) is 3.24. The third-order valence-electron chi connectivity index (χ3n) is 6.08. The largest absolute Gasteiger partial charge is 0.469 e. The summed E-state index contributed by atoms with van der Waals surface area (Å²) in [6.45, 7) is 3.15. The molecule has 2 aromatic rings. The van der Waals surface area contributed by atoms with E-state index in [0.29, 0.717) is 32.4 Å². The van der Waals surface area contributed by atoms with Crippen LogP contribution < -0.4 is 0 Å². The van der Waals surface area contributed by atoms with E-state index in [1.165, 1.54) is 12.7 Å². The van der Waals surface area contributed by atoms with Crippen LogP contribution in [-0.2, 0) is 27.3 Å². The lowest BCUT2D eigenvalue weighted by molar-refractivity contribution is -0.142. The Morgan fingerprint density at radius 3 is 2.97 bits per heavy atom. The molecule has 1 saturated carbocycles. The van der Waals surface area contributed by atoms with Gasteiger partial charge in [-0.25, -0.2) is 4.68 Å². The van der Waals surface area contributed by atoms with Gasteiger partial charge in [0.05, 0.1) is 31.8 Å². The van der Waals surface area contributed by atoms with Gasteiger partial charge < -0.3 is 14.7 Å². The van der Waals surface area contributed by atoms with Crippen LogP contribution >= 0.6 is 0 Å². The molecule has 1 aliphatic heterocycles. The maximum Gasteiger partial charge on any atom is 0.309 e. The fourth-order valence-corrected chi connectivity index (χ4v) is 4.27. The topological polar surface area (TPSA) is 97.6 Å². The summed E-state index contributed by atoms with van der Waals surface area (Å²) in [5.74, 6) is -0.255. The number of aryl methyl sites for hydroxylation is 2. The number of β-amino-alcohol motifs (C(OH)–C–C–N with tert-alkyl or cyclic N) is 1. The maximum absolute atomic E-state index is 12.6. The number of hydrogen-bond acceptors (Lipinski definition) is 6. The molecule has 1 aromatic heterocycles. The molecule has 2 heterocycles. The number of benzene rings is 1. The number of likely N-dealkylation sites (tertiary alicyclic amines) is 1. The van der Waals surface area contributed by atoms with E-state index >= 15 is 0 Å². The molecule has 3 atom stereocenters. The molecule has 0 spiro atoms. The summed E-state index contributed by atoms with van der Waals surface area (Å²) >= 11 is 0. The van der Waals surface area contributed by atoms with Gasteiger partial charge in [-0.2, -0.15) is 0 Å². The second kappa shape index (κ2) is 8.18. The smallest absolute Gasteiger partial charge is 0.309 e. The van der Waals surface area contributed by atoms with Crippen molar-refractivity contribution in [1.82, 2.24) is 19.9 Å². The highest BCUT2D eigenvalue weighted by Gasteiger charge is 2.47. The lowest BCUT2D eigenvalue weighted by atomic mass is 10.0. The number of aliphatic hydroxyl groups is 1. The molecule has 1 aliphatic carbocycles. The molecule has 8 nitrogen and oxygen atoms in total. The van der Waals surface area contributed by atoms with Gasteiger partial charge in [0.2, 0.25) is 5.91 Å². The van der Waals surface area contributed by atoms with Crippen LogP contribution in [0.5, 0.6) is 0 Å². The average molecular weight is 412 g/mol. The second-order valence-corrected chi connectivity index (χ2v) is 8.59. The fourth-order valence-electron chi connectivity index (χ4n) is 4.27. The molecule has 1 saturated heterocycles. The van der Waals surface area contributed by atoms with Crippen molar-refractivity contribution in [3.8, 4) is 0 Å². The number of esters is 1. The van der Waals surface area contributed by atoms with E-state index < -0.39 is 5.60 Å². The predicted octanol–water partition coefficient (Wildman–Crippen LogP) is 1.46. The minimum atomic E-state index is -1.02. The summed E-state index contributed by atoms with van der Waals surface area (Å²) in [6.07, 6.45) is 4.15. The second-order valence-electron chi connectivity index (χ2n) is 8.59. The Labute approximate surface area is 175 Å². The van der Waals surface area contributed by atoms with Crippen LogP contribution in [0, 0.1) is 12.8 Å². The first-order valence-corrected chi connectivity index (χ1v) is 10.4. The van der Waals surface area contributed by atoms with Crippen molar-refractivity contribution in [1.29, 1.82) is 0 Å². The molecule has 30 heavy (non-hydrogen) atoms. The number of carbonyl (C=O) groups excluding carboxylic acids is 2. The highest BCUT2D eigenvalue weighted by atomic mass is 16.5. The number of hydrogen-bond donors (Lipinski definition) is 1. The zero-order valence-corrected chi connectivity index (χ0v) is 17.5. The molecule has 0 bridgehead atoms. The SMILES string of the molecule is COC(=O)[C@@H]1C[C@@H]1c1cn(CC2(O)CCN(C(=O)CCc3cccc(C)c3)C2)nn1. The molecule has 1 amide bonds. The Kier molecular flexibility index (Phi) is 5.60. The lowest BCUT2D eigenvalue weighted by Crippen LogP contribution is -2.39. The standard InChI is InChI=1S/C22H28N4O4/c1-15-4-3-5-16(10-15)6-7-20(27)25-9-8-22(29,13-25)14-26-12-19(23-24-26)17-11-18(17)21(28)30-2/h3-5,10,12,17-18,29H,6-9,11,13-14H2,1-2H3/t17-,18+,22?/m0/s1. The van der Waals surface area contributed by atoms with E-state index in [2.05, 4.69) is 16.4 Å². The van der Waals surface area contributed by atoms with Crippen LogP contribution in [0.2, 0.25) is 0 Å². The highest BCUT2D eigenvalue weighted by Crippen LogP contribution is 2.47. The Bertz CT molecular complexity index is 943. The number of carbonyl (C=O) groups is 2. The minimum absolute atomic E-state index is 0.0455. The van der Waals surface area contributed by atoms with Gasteiger partial charge in [0.15, 0.2) is 0 Å². The van der Waals surface area contributed by atoms with Gasteiger partial charge in [-0.05, 0) is 31.7 Å².